The van der Waals surface area contributed by atoms with Crippen molar-refractivity contribution in [2.24, 2.45) is 22.2 Å². The van der Waals surface area contributed by atoms with Crippen molar-refractivity contribution in [3.8, 4) is 0 Å². The van der Waals surface area contributed by atoms with Crippen LogP contribution in [0.1, 0.15) is 32.4 Å². The first-order valence-electron chi connectivity index (χ1n) is 10.5. The lowest BCUT2D eigenvalue weighted by Gasteiger charge is -2.25. The maximum atomic E-state index is 13.0. The second kappa shape index (κ2) is 13.7. The lowest BCUT2D eigenvalue weighted by molar-refractivity contribution is -0.141. The number of guanidine groups is 1. The number of rotatable bonds is 14. The fraction of sp³-hybridized carbons (Fsp3) is 0.579. The van der Waals surface area contributed by atoms with Gasteiger partial charge in [0.1, 0.15) is 24.2 Å². The number of hydrogen-bond acceptors (Lipinski definition) is 8. The molecule has 0 spiro atoms. The molecule has 0 fully saturated rings. The Kier molecular flexibility index (Phi) is 11.4. The molecule has 1 aromatic heterocycles. The van der Waals surface area contributed by atoms with Gasteiger partial charge in [-0.1, -0.05) is 0 Å². The molecular weight excluding hydrogens is 450 g/mol. The first-order chi connectivity index (χ1) is 15.9. The largest absolute Gasteiger partial charge is 0.480 e. The Morgan fingerprint density at radius 2 is 1.71 bits per heavy atom. The van der Waals surface area contributed by atoms with E-state index in [1.54, 1.807) is 0 Å². The number of nitrogens with two attached hydrogens (primary N) is 3. The minimum absolute atomic E-state index is 0.0221. The van der Waals surface area contributed by atoms with Crippen LogP contribution >= 0.6 is 0 Å². The highest BCUT2D eigenvalue weighted by molar-refractivity contribution is 5.94. The second-order valence-electron chi connectivity index (χ2n) is 7.69. The number of amides is 3. The molecule has 5 atom stereocenters. The second-order valence-corrected chi connectivity index (χ2v) is 7.69. The Bertz CT molecular complexity index is 854. The van der Waals surface area contributed by atoms with Gasteiger partial charge in [-0.2, -0.15) is 0 Å². The van der Waals surface area contributed by atoms with Crippen LogP contribution in [0.2, 0.25) is 0 Å². The van der Waals surface area contributed by atoms with Crippen LogP contribution in [0, 0.1) is 0 Å². The predicted octanol–water partition coefficient (Wildman–Crippen LogP) is -3.73. The number of aromatic amines is 1. The normalized spacial score (nSPS) is 15.2. The first kappa shape index (κ1) is 28.3. The van der Waals surface area contributed by atoms with E-state index in [0.29, 0.717) is 12.1 Å². The molecule has 34 heavy (non-hydrogen) atoms. The molecule has 12 N–H and O–H groups in total. The third kappa shape index (κ3) is 9.83. The van der Waals surface area contributed by atoms with Gasteiger partial charge in [0.2, 0.25) is 17.7 Å². The number of carbonyl (C=O) groups is 4. The molecule has 0 radical (unpaired) electrons. The van der Waals surface area contributed by atoms with Gasteiger partial charge in [-0.05, 0) is 26.7 Å². The minimum Gasteiger partial charge on any atom is -0.480 e. The number of carboxylic acid groups (broad SMARTS) is 1. The van der Waals surface area contributed by atoms with Gasteiger partial charge >= 0.3 is 5.97 Å². The maximum absolute atomic E-state index is 13.0. The molecule has 190 valence electrons. The molecule has 15 nitrogen and oxygen atoms in total. The van der Waals surface area contributed by atoms with E-state index >= 15 is 0 Å². The number of nitrogens with one attached hydrogen (secondary N) is 4. The summed E-state index contributed by atoms with van der Waals surface area (Å²) < 4.78 is 0. The summed E-state index contributed by atoms with van der Waals surface area (Å²) >= 11 is 0. The number of carboxylic acids is 1. The third-order valence-corrected chi connectivity index (χ3v) is 4.74. The number of aromatic nitrogens is 2. The Morgan fingerprint density at radius 3 is 2.24 bits per heavy atom. The number of H-pyrrole nitrogens is 1. The number of aliphatic hydroxyl groups is 1. The number of aliphatic imine (C=N–C) groups is 1. The van der Waals surface area contributed by atoms with E-state index in [-0.39, 0.29) is 25.3 Å². The van der Waals surface area contributed by atoms with E-state index in [1.165, 1.54) is 26.4 Å². The molecule has 1 heterocycles. The van der Waals surface area contributed by atoms with Crippen molar-refractivity contribution in [2.75, 3.05) is 6.54 Å². The molecule has 0 aliphatic heterocycles. The number of aliphatic carboxylic acids is 1. The van der Waals surface area contributed by atoms with E-state index in [4.69, 9.17) is 22.3 Å². The maximum Gasteiger partial charge on any atom is 0.325 e. The Labute approximate surface area is 195 Å². The zero-order chi connectivity index (χ0) is 25.8. The van der Waals surface area contributed by atoms with Crippen LogP contribution in [0.25, 0.3) is 0 Å². The number of imidazole rings is 1. The quantitative estimate of drug-likeness (QED) is 0.0709. The van der Waals surface area contributed by atoms with Crippen LogP contribution in [0.5, 0.6) is 0 Å². The SMILES string of the molecule is CC(NC(=O)C(Cc1cnc[nH]1)NC(=O)C(CCCN=C(N)N)NC(=O)C(N)C(C)O)C(=O)O. The number of nitrogens with zero attached hydrogens (tertiary/aromatic N) is 2. The summed E-state index contributed by atoms with van der Waals surface area (Å²) in [5.74, 6) is -3.63. The van der Waals surface area contributed by atoms with Gasteiger partial charge in [-0.25, -0.2) is 4.98 Å². The molecule has 1 aromatic rings. The van der Waals surface area contributed by atoms with Crippen LogP contribution in [0.15, 0.2) is 17.5 Å². The van der Waals surface area contributed by atoms with E-state index in [2.05, 4.69) is 30.9 Å². The molecule has 15 heteroatoms. The van der Waals surface area contributed by atoms with Crippen molar-refractivity contribution in [2.45, 2.75) is 63.4 Å². The molecule has 0 bridgehead atoms. The van der Waals surface area contributed by atoms with E-state index in [9.17, 15) is 24.3 Å². The number of aliphatic hydroxyl groups excluding tert-OH is 1. The molecule has 0 aliphatic carbocycles. The first-order valence-corrected chi connectivity index (χ1v) is 10.5. The summed E-state index contributed by atoms with van der Waals surface area (Å²) in [6, 6.07) is -4.81. The van der Waals surface area contributed by atoms with Gasteiger partial charge in [-0.15, -0.1) is 0 Å². The van der Waals surface area contributed by atoms with Gasteiger partial charge < -0.3 is 48.3 Å². The summed E-state index contributed by atoms with van der Waals surface area (Å²) in [4.78, 5) is 59.6. The van der Waals surface area contributed by atoms with Crippen molar-refractivity contribution in [3.05, 3.63) is 18.2 Å². The van der Waals surface area contributed by atoms with Crippen LogP contribution < -0.4 is 33.2 Å². The van der Waals surface area contributed by atoms with Crippen molar-refractivity contribution < 1.29 is 29.4 Å². The summed E-state index contributed by atoms with van der Waals surface area (Å²) in [5.41, 5.74) is 16.7. The Morgan fingerprint density at radius 1 is 1.09 bits per heavy atom. The number of hydrogen-bond donors (Lipinski definition) is 9. The summed E-state index contributed by atoms with van der Waals surface area (Å²) in [5, 5.41) is 25.9. The van der Waals surface area contributed by atoms with Crippen molar-refractivity contribution in [1.29, 1.82) is 0 Å². The van der Waals surface area contributed by atoms with E-state index in [1.807, 2.05) is 0 Å². The van der Waals surface area contributed by atoms with Crippen molar-refractivity contribution in [1.82, 2.24) is 25.9 Å². The average Bonchev–Trinajstić information content (AvgIpc) is 3.27. The lowest BCUT2D eigenvalue weighted by Crippen LogP contribution is -2.58. The third-order valence-electron chi connectivity index (χ3n) is 4.74. The lowest BCUT2D eigenvalue weighted by atomic mass is 10.1. The molecule has 1 rings (SSSR count). The zero-order valence-corrected chi connectivity index (χ0v) is 19.0. The van der Waals surface area contributed by atoms with Gasteiger partial charge in [0, 0.05) is 24.9 Å². The van der Waals surface area contributed by atoms with Crippen LogP contribution in [0.3, 0.4) is 0 Å². The minimum atomic E-state index is -1.28. The summed E-state index contributed by atoms with van der Waals surface area (Å²) in [6.07, 6.45) is 2.03. The highest BCUT2D eigenvalue weighted by atomic mass is 16.4. The Hall–Kier alpha value is -3.72. The molecule has 0 aromatic carbocycles. The summed E-state index contributed by atoms with van der Waals surface area (Å²) in [6.45, 7) is 2.78. The van der Waals surface area contributed by atoms with Gasteiger partial charge in [0.25, 0.3) is 0 Å². The summed E-state index contributed by atoms with van der Waals surface area (Å²) in [7, 11) is 0. The molecule has 5 unspecified atom stereocenters. The molecule has 0 saturated carbocycles. The van der Waals surface area contributed by atoms with Gasteiger partial charge in [-0.3, -0.25) is 24.2 Å². The Balaban J connectivity index is 3.02. The predicted molar refractivity (Wildman–Crippen MR) is 121 cm³/mol. The topological polar surface area (TPSA) is 264 Å². The van der Waals surface area contributed by atoms with Crippen molar-refractivity contribution >= 4 is 29.7 Å². The number of carbonyl (C=O) groups excluding carboxylic acids is 3. The highest BCUT2D eigenvalue weighted by Crippen LogP contribution is 2.05. The molecule has 0 saturated heterocycles. The van der Waals surface area contributed by atoms with Crippen molar-refractivity contribution in [3.63, 3.8) is 0 Å². The molecular formula is C19H33N9O6. The fourth-order valence-corrected chi connectivity index (χ4v) is 2.73. The van der Waals surface area contributed by atoms with Crippen LogP contribution in [-0.2, 0) is 25.6 Å². The molecule has 0 aliphatic rings. The van der Waals surface area contributed by atoms with E-state index < -0.39 is 54.0 Å². The monoisotopic (exact) mass is 483 g/mol. The highest BCUT2D eigenvalue weighted by Gasteiger charge is 2.30. The average molecular weight is 484 g/mol. The zero-order valence-electron chi connectivity index (χ0n) is 19.0. The van der Waals surface area contributed by atoms with Crippen LogP contribution in [-0.4, -0.2) is 86.6 Å². The van der Waals surface area contributed by atoms with Gasteiger partial charge in [0.05, 0.1) is 12.4 Å². The fourth-order valence-electron chi connectivity index (χ4n) is 2.73. The standard InChI is InChI=1S/C19H33N9O6/c1-9(18(33)34)26-16(31)13(6-11-7-23-8-25-11)28-15(30)12(4-3-5-24-19(21)22)27-17(32)14(20)10(2)29/h7-10,12-14,29H,3-6,20H2,1-2H3,(H,23,25)(H,26,31)(H,27,32)(H,28,30)(H,33,34)(H4,21,22,24). The van der Waals surface area contributed by atoms with E-state index in [0.717, 1.165) is 0 Å². The molecule has 3 amide bonds. The van der Waals surface area contributed by atoms with Crippen LogP contribution in [0.4, 0.5) is 0 Å². The van der Waals surface area contributed by atoms with Gasteiger partial charge in [0.15, 0.2) is 5.96 Å². The smallest absolute Gasteiger partial charge is 0.325 e.